The summed E-state index contributed by atoms with van der Waals surface area (Å²) in [7, 11) is 0. The highest BCUT2D eigenvalue weighted by Crippen LogP contribution is 2.35. The first-order chi connectivity index (χ1) is 24.2. The quantitative estimate of drug-likeness (QED) is 0.133. The van der Waals surface area contributed by atoms with Crippen LogP contribution in [0.2, 0.25) is 10.0 Å². The summed E-state index contributed by atoms with van der Waals surface area (Å²) in [5.41, 5.74) is 12.9. The average Bonchev–Trinajstić information content (AvgIpc) is 3.13. The predicted octanol–water partition coefficient (Wildman–Crippen LogP) is 8.52. The van der Waals surface area contributed by atoms with Gasteiger partial charge in [-0.15, -0.1) is 0 Å². The lowest BCUT2D eigenvalue weighted by atomic mass is 9.84. The van der Waals surface area contributed by atoms with Gasteiger partial charge in [-0.2, -0.15) is 0 Å². The first kappa shape index (κ1) is 37.1. The SMILES string of the molecule is CCC(=O)NC1=C(Cc2cccc(Cl)c2)c2cc(CO)ccc2CC1.CCC(=O)NC1=C(Cc2cccc(Cl)c2)c2cc(CO)ccc2CC1. The van der Waals surface area contributed by atoms with Gasteiger partial charge in [0.15, 0.2) is 0 Å². The van der Waals surface area contributed by atoms with Gasteiger partial charge >= 0.3 is 0 Å². The molecule has 0 atom stereocenters. The Kier molecular flexibility index (Phi) is 13.1. The number of carbonyl (C=O) groups excluding carboxylic acids is 2. The molecule has 0 bridgehead atoms. The van der Waals surface area contributed by atoms with E-state index < -0.39 is 0 Å². The van der Waals surface area contributed by atoms with E-state index in [0.717, 1.165) is 81.6 Å². The molecule has 50 heavy (non-hydrogen) atoms. The Morgan fingerprint density at radius 2 is 1.00 bits per heavy atom. The topological polar surface area (TPSA) is 98.7 Å². The summed E-state index contributed by atoms with van der Waals surface area (Å²) in [5.74, 6) is 0.0562. The number of allylic oxidation sites excluding steroid dienone is 4. The van der Waals surface area contributed by atoms with Crippen molar-refractivity contribution in [2.45, 2.75) is 78.4 Å². The molecule has 0 heterocycles. The van der Waals surface area contributed by atoms with Gasteiger partial charge in [0.25, 0.3) is 0 Å². The van der Waals surface area contributed by atoms with Crippen LogP contribution in [-0.2, 0) is 48.5 Å². The van der Waals surface area contributed by atoms with E-state index in [1.807, 2.05) is 86.6 Å². The molecule has 2 amide bonds. The predicted molar refractivity (Wildman–Crippen MR) is 202 cm³/mol. The molecule has 0 saturated carbocycles. The van der Waals surface area contributed by atoms with Crippen LogP contribution in [0.3, 0.4) is 0 Å². The second-order valence-electron chi connectivity index (χ2n) is 12.6. The van der Waals surface area contributed by atoms with Crippen LogP contribution in [0.15, 0.2) is 96.3 Å². The van der Waals surface area contributed by atoms with Gasteiger partial charge in [0.1, 0.15) is 0 Å². The summed E-state index contributed by atoms with van der Waals surface area (Å²) in [5, 5.41) is 26.6. The van der Waals surface area contributed by atoms with Crippen molar-refractivity contribution in [3.8, 4) is 0 Å². The number of halogens is 2. The van der Waals surface area contributed by atoms with E-state index in [0.29, 0.717) is 35.7 Å². The second kappa shape index (κ2) is 17.6. The first-order valence-electron chi connectivity index (χ1n) is 17.2. The smallest absolute Gasteiger partial charge is 0.223 e. The van der Waals surface area contributed by atoms with E-state index >= 15 is 0 Å². The van der Waals surface area contributed by atoms with Gasteiger partial charge in [-0.05, 0) is 131 Å². The van der Waals surface area contributed by atoms with E-state index in [1.165, 1.54) is 11.1 Å². The number of benzene rings is 4. The summed E-state index contributed by atoms with van der Waals surface area (Å²) >= 11 is 12.3. The third-order valence-electron chi connectivity index (χ3n) is 9.14. The van der Waals surface area contributed by atoms with E-state index in [1.54, 1.807) is 0 Å². The van der Waals surface area contributed by atoms with Crippen molar-refractivity contribution in [3.05, 3.63) is 151 Å². The van der Waals surface area contributed by atoms with Crippen LogP contribution in [0.4, 0.5) is 0 Å². The van der Waals surface area contributed by atoms with Crippen molar-refractivity contribution in [1.29, 1.82) is 0 Å². The largest absolute Gasteiger partial charge is 0.392 e. The van der Waals surface area contributed by atoms with Crippen molar-refractivity contribution < 1.29 is 19.8 Å². The van der Waals surface area contributed by atoms with Crippen LogP contribution in [0, 0.1) is 0 Å². The average molecular weight is 712 g/mol. The van der Waals surface area contributed by atoms with Crippen molar-refractivity contribution in [1.82, 2.24) is 10.6 Å². The van der Waals surface area contributed by atoms with Crippen LogP contribution < -0.4 is 10.6 Å². The molecule has 6 rings (SSSR count). The zero-order valence-electron chi connectivity index (χ0n) is 28.6. The molecule has 4 N–H and O–H groups in total. The lowest BCUT2D eigenvalue weighted by molar-refractivity contribution is -0.120. The molecule has 0 fully saturated rings. The summed E-state index contributed by atoms with van der Waals surface area (Å²) in [6.45, 7) is 3.73. The Morgan fingerprint density at radius 3 is 1.36 bits per heavy atom. The number of amides is 2. The third kappa shape index (κ3) is 9.52. The van der Waals surface area contributed by atoms with Gasteiger partial charge in [-0.25, -0.2) is 0 Å². The summed E-state index contributed by atoms with van der Waals surface area (Å²) < 4.78 is 0. The minimum Gasteiger partial charge on any atom is -0.392 e. The third-order valence-corrected chi connectivity index (χ3v) is 9.61. The Bertz CT molecular complexity index is 1790. The first-order valence-corrected chi connectivity index (χ1v) is 18.0. The van der Waals surface area contributed by atoms with Crippen LogP contribution in [0.25, 0.3) is 11.1 Å². The molecule has 4 aromatic rings. The number of fused-ring (bicyclic) bond motifs is 2. The number of aliphatic hydroxyl groups is 2. The lowest BCUT2D eigenvalue weighted by Gasteiger charge is -2.25. The zero-order chi connectivity index (χ0) is 35.6. The van der Waals surface area contributed by atoms with Crippen LogP contribution in [0.5, 0.6) is 0 Å². The normalized spacial score (nSPS) is 13.6. The summed E-state index contributed by atoms with van der Waals surface area (Å²) in [6, 6.07) is 27.8. The molecule has 0 aromatic heterocycles. The fourth-order valence-corrected chi connectivity index (χ4v) is 6.91. The van der Waals surface area contributed by atoms with Crippen molar-refractivity contribution >= 4 is 46.2 Å². The molecule has 2 aliphatic carbocycles. The maximum absolute atomic E-state index is 12.0. The molecule has 0 unspecified atom stereocenters. The fourth-order valence-electron chi connectivity index (χ4n) is 6.48. The molecule has 6 nitrogen and oxygen atoms in total. The standard InChI is InChI=1S/2C21H22ClNO2/c2*1-2-21(25)23-20-9-8-16-7-6-15(13-24)12-18(16)19(20)11-14-4-3-5-17(22)10-14/h2*3-7,10,12,24H,2,8-9,11,13H2,1H3,(H,23,25). The molecule has 8 heteroatoms. The van der Waals surface area contributed by atoms with Crippen LogP contribution in [-0.4, -0.2) is 22.0 Å². The second-order valence-corrected chi connectivity index (χ2v) is 13.5. The van der Waals surface area contributed by atoms with Gasteiger partial charge in [0.2, 0.25) is 11.8 Å². The van der Waals surface area contributed by atoms with E-state index in [2.05, 4.69) is 22.8 Å². The van der Waals surface area contributed by atoms with Crippen molar-refractivity contribution in [2.24, 2.45) is 0 Å². The molecule has 0 saturated heterocycles. The molecule has 4 aromatic carbocycles. The molecule has 0 spiro atoms. The molecule has 260 valence electrons. The molecule has 2 aliphatic rings. The zero-order valence-corrected chi connectivity index (χ0v) is 30.1. The lowest BCUT2D eigenvalue weighted by Crippen LogP contribution is -2.25. The molecule has 0 aliphatic heterocycles. The maximum atomic E-state index is 12.0. The van der Waals surface area contributed by atoms with E-state index in [4.69, 9.17) is 23.2 Å². The van der Waals surface area contributed by atoms with Crippen LogP contribution in [0.1, 0.15) is 84.0 Å². The molecule has 0 radical (unpaired) electrons. The number of hydrogen-bond donors (Lipinski definition) is 4. The summed E-state index contributed by atoms with van der Waals surface area (Å²) in [4.78, 5) is 23.9. The Labute approximate surface area is 304 Å². The highest BCUT2D eigenvalue weighted by atomic mass is 35.5. The number of carbonyl (C=O) groups is 2. The van der Waals surface area contributed by atoms with Gasteiger partial charge in [0.05, 0.1) is 13.2 Å². The number of nitrogens with one attached hydrogen (secondary N) is 2. The van der Waals surface area contributed by atoms with Gasteiger partial charge in [-0.1, -0.05) is 85.6 Å². The minimum atomic E-state index is 0.00831. The van der Waals surface area contributed by atoms with E-state index in [9.17, 15) is 19.8 Å². The number of aryl methyl sites for hydroxylation is 2. The van der Waals surface area contributed by atoms with E-state index in [-0.39, 0.29) is 25.0 Å². The fraction of sp³-hybridized carbons (Fsp3) is 0.286. The highest BCUT2D eigenvalue weighted by Gasteiger charge is 2.22. The van der Waals surface area contributed by atoms with Crippen molar-refractivity contribution in [2.75, 3.05) is 0 Å². The maximum Gasteiger partial charge on any atom is 0.223 e. The van der Waals surface area contributed by atoms with Gasteiger partial charge in [-0.3, -0.25) is 9.59 Å². The number of rotatable bonds is 10. The Balaban J connectivity index is 0.000000194. The van der Waals surface area contributed by atoms with Gasteiger partial charge < -0.3 is 20.8 Å². The van der Waals surface area contributed by atoms with Crippen LogP contribution >= 0.6 is 23.2 Å². The Morgan fingerprint density at radius 1 is 0.580 bits per heavy atom. The number of hydrogen-bond acceptors (Lipinski definition) is 4. The molecular formula is C42H44Cl2N2O4. The van der Waals surface area contributed by atoms with Crippen molar-refractivity contribution in [3.63, 3.8) is 0 Å². The highest BCUT2D eigenvalue weighted by molar-refractivity contribution is 6.30. The Hall–Kier alpha value is -4.20. The van der Waals surface area contributed by atoms with Gasteiger partial charge in [0, 0.05) is 34.3 Å². The minimum absolute atomic E-state index is 0.00831. The monoisotopic (exact) mass is 710 g/mol. The molecular weight excluding hydrogens is 667 g/mol. The number of aliphatic hydroxyl groups excluding tert-OH is 2. The summed E-state index contributed by atoms with van der Waals surface area (Å²) in [6.07, 6.45) is 5.71.